The number of nitrogens with zero attached hydrogens (tertiary/aromatic N) is 4. The smallest absolute Gasteiger partial charge is 0.407 e. The molecule has 0 unspecified atom stereocenters. The molecule has 5 fully saturated rings. The zero-order chi connectivity index (χ0) is 45.9. The standard InChI is InChI=1S/C48H57ClN8O8Si/c1-62-47(60)53-39(28-13-17-64-18-14-28)45(58)56-25-66(3,4)24-37(56)44-50-34-12-10-31-21-30(9-11-33(31)41(34)52-44)26-5-7-27(8-6-26)38-42(49)55-43(51-38)36-23-32-22-35(32)57(36)46(59)40(54-48(61)63-2)29-15-19-65-20-16-29/h5-12,21,28-29,32,35-37,39-40H,13-20,22-25H2,1-4H3,(H,50,52)(H,51,55)(H,53,60)(H,54,61)/t32-,35-,36+,37+,39+,40+/m1/s1. The van der Waals surface area contributed by atoms with Crippen molar-refractivity contribution >= 4 is 65.5 Å². The summed E-state index contributed by atoms with van der Waals surface area (Å²) in [4.78, 5) is 74.5. The number of alkyl carbamates (subject to hydrolysis) is 2. The first kappa shape index (κ1) is 44.3. The molecule has 1 saturated carbocycles. The third kappa shape index (κ3) is 8.54. The Morgan fingerprint density at radius 2 is 1.36 bits per heavy atom. The number of carbonyl (C=O) groups is 4. The Morgan fingerprint density at radius 3 is 2.02 bits per heavy atom. The molecule has 4 aliphatic heterocycles. The van der Waals surface area contributed by atoms with E-state index in [1.54, 1.807) is 0 Å². The molecule has 5 aromatic rings. The Morgan fingerprint density at radius 1 is 0.758 bits per heavy atom. The minimum absolute atomic E-state index is 0.0459. The number of hydrogen-bond donors (Lipinski definition) is 4. The van der Waals surface area contributed by atoms with Crippen LogP contribution in [0.4, 0.5) is 9.59 Å². The number of nitrogens with one attached hydrogen (secondary N) is 4. The van der Waals surface area contributed by atoms with Gasteiger partial charge in [0.2, 0.25) is 11.8 Å². The van der Waals surface area contributed by atoms with Gasteiger partial charge in [0.15, 0.2) is 5.15 Å². The van der Waals surface area contributed by atoms with Crippen molar-refractivity contribution in [3.05, 3.63) is 71.4 Å². The van der Waals surface area contributed by atoms with Gasteiger partial charge < -0.3 is 49.3 Å². The molecule has 2 aromatic heterocycles. The molecule has 16 nitrogen and oxygen atoms in total. The van der Waals surface area contributed by atoms with Crippen LogP contribution >= 0.6 is 11.6 Å². The molecule has 348 valence electrons. The normalized spacial score (nSPS) is 24.0. The molecule has 4 saturated heterocycles. The number of aromatic nitrogens is 4. The summed E-state index contributed by atoms with van der Waals surface area (Å²) in [6, 6.07) is 17.7. The number of H-pyrrole nitrogens is 2. The van der Waals surface area contributed by atoms with Crippen molar-refractivity contribution in [2.45, 2.75) is 87.9 Å². The predicted molar refractivity (Wildman–Crippen MR) is 250 cm³/mol. The number of ether oxygens (including phenoxy) is 4. The molecule has 0 radical (unpaired) electrons. The number of imidazole rings is 2. The second-order valence-corrected chi connectivity index (χ2v) is 24.8. The summed E-state index contributed by atoms with van der Waals surface area (Å²) in [5.41, 5.74) is 5.37. The van der Waals surface area contributed by atoms with Crippen molar-refractivity contribution in [3.63, 3.8) is 0 Å². The fourth-order valence-electron chi connectivity index (χ4n) is 11.0. The maximum atomic E-state index is 14.4. The van der Waals surface area contributed by atoms with Gasteiger partial charge in [0.1, 0.15) is 23.7 Å². The minimum atomic E-state index is -1.83. The van der Waals surface area contributed by atoms with Crippen LogP contribution in [-0.2, 0) is 28.5 Å². The van der Waals surface area contributed by atoms with E-state index < -0.39 is 32.3 Å². The average molecular weight is 938 g/mol. The van der Waals surface area contributed by atoms with Gasteiger partial charge >= 0.3 is 12.2 Å². The van der Waals surface area contributed by atoms with Gasteiger partial charge in [0, 0.05) is 49.6 Å². The lowest BCUT2D eigenvalue weighted by Gasteiger charge is -2.35. The SMILES string of the molecule is COC(=O)N[C@H](C(=O)N1C[Si](C)(C)C[C@H]1c1nc2ccc3cc(-c4ccc(-c5[nH]c([C@@H]6C[C@H]7C[C@H]7N6C(=O)[C@@H](NC(=O)OC)C6CCOCC6)nc5Cl)cc4)ccc3c2[nH]1)C1CCOCC1. The number of amides is 4. The second-order valence-electron chi connectivity index (χ2n) is 19.4. The van der Waals surface area contributed by atoms with Crippen LogP contribution in [0.3, 0.4) is 0 Å². The van der Waals surface area contributed by atoms with E-state index in [1.165, 1.54) is 14.2 Å². The van der Waals surface area contributed by atoms with Crippen molar-refractivity contribution in [1.82, 2.24) is 40.4 Å². The molecule has 6 atom stereocenters. The molecule has 1 aliphatic carbocycles. The summed E-state index contributed by atoms with van der Waals surface area (Å²) >= 11 is 6.84. The Labute approximate surface area is 388 Å². The van der Waals surface area contributed by atoms with Crippen LogP contribution in [0, 0.1) is 17.8 Å². The molecule has 18 heteroatoms. The first-order valence-corrected chi connectivity index (χ1v) is 26.9. The molecule has 5 aliphatic rings. The summed E-state index contributed by atoms with van der Waals surface area (Å²) in [5.74, 6) is 1.46. The number of carbonyl (C=O) groups excluding carboxylic acids is 4. The summed E-state index contributed by atoms with van der Waals surface area (Å²) in [6.45, 7) is 6.79. The average Bonchev–Trinajstić information content (AvgIpc) is 3.65. The molecule has 4 N–H and O–H groups in total. The minimum Gasteiger partial charge on any atom is -0.453 e. The van der Waals surface area contributed by atoms with Gasteiger partial charge in [-0.15, -0.1) is 0 Å². The van der Waals surface area contributed by atoms with E-state index >= 15 is 0 Å². The van der Waals surface area contributed by atoms with Crippen LogP contribution in [0.5, 0.6) is 0 Å². The molecule has 0 bridgehead atoms. The Kier molecular flexibility index (Phi) is 12.1. The maximum absolute atomic E-state index is 14.4. The van der Waals surface area contributed by atoms with E-state index in [9.17, 15) is 19.2 Å². The molecule has 0 spiro atoms. The van der Waals surface area contributed by atoms with Crippen LogP contribution in [0.25, 0.3) is 44.2 Å². The quantitative estimate of drug-likeness (QED) is 0.102. The van der Waals surface area contributed by atoms with Crippen LogP contribution in [0.15, 0.2) is 54.6 Å². The van der Waals surface area contributed by atoms with Gasteiger partial charge in [-0.3, -0.25) is 9.59 Å². The molecule has 10 rings (SSSR count). The number of likely N-dealkylation sites (tertiary alicyclic amines) is 1. The van der Waals surface area contributed by atoms with Gasteiger partial charge in [-0.2, -0.15) is 0 Å². The van der Waals surface area contributed by atoms with Crippen LogP contribution in [-0.4, -0.2) is 127 Å². The van der Waals surface area contributed by atoms with E-state index in [1.807, 2.05) is 28.0 Å². The van der Waals surface area contributed by atoms with Gasteiger partial charge in [0.25, 0.3) is 0 Å². The highest BCUT2D eigenvalue weighted by Crippen LogP contribution is 2.54. The third-order valence-corrected chi connectivity index (χ3v) is 17.6. The van der Waals surface area contributed by atoms with Gasteiger partial charge in [-0.1, -0.05) is 67.2 Å². The van der Waals surface area contributed by atoms with Gasteiger partial charge in [0.05, 0.1) is 51.1 Å². The second kappa shape index (κ2) is 18.0. The van der Waals surface area contributed by atoms with E-state index in [4.69, 9.17) is 40.5 Å². The Bertz CT molecular complexity index is 2660. The lowest BCUT2D eigenvalue weighted by molar-refractivity contribution is -0.138. The molecule has 3 aromatic carbocycles. The Hall–Kier alpha value is -5.49. The fourth-order valence-corrected chi connectivity index (χ4v) is 14.2. The lowest BCUT2D eigenvalue weighted by Crippen LogP contribution is -2.54. The van der Waals surface area contributed by atoms with Crippen LogP contribution in [0.1, 0.15) is 62.3 Å². The number of rotatable bonds is 10. The highest BCUT2D eigenvalue weighted by atomic mass is 35.5. The number of fused-ring (bicyclic) bond motifs is 4. The summed E-state index contributed by atoms with van der Waals surface area (Å²) < 4.78 is 21.0. The van der Waals surface area contributed by atoms with Crippen molar-refractivity contribution in [3.8, 4) is 22.4 Å². The van der Waals surface area contributed by atoms with Crippen molar-refractivity contribution in [1.29, 1.82) is 0 Å². The molecular formula is C48H57ClN8O8Si. The summed E-state index contributed by atoms with van der Waals surface area (Å²) in [6.07, 6.45) is 3.87. The molecular weight excluding hydrogens is 880 g/mol. The highest BCUT2D eigenvalue weighted by Gasteiger charge is 2.57. The van der Waals surface area contributed by atoms with Crippen molar-refractivity contribution < 1.29 is 38.1 Å². The lowest BCUT2D eigenvalue weighted by atomic mass is 9.90. The summed E-state index contributed by atoms with van der Waals surface area (Å²) in [5, 5.41) is 8.12. The first-order chi connectivity index (χ1) is 31.9. The summed E-state index contributed by atoms with van der Waals surface area (Å²) in [7, 11) is 0.798. The van der Waals surface area contributed by atoms with E-state index in [2.05, 4.69) is 70.1 Å². The number of piperidine rings is 1. The van der Waals surface area contributed by atoms with E-state index in [-0.39, 0.29) is 41.8 Å². The largest absolute Gasteiger partial charge is 0.453 e. The molecule has 4 amide bonds. The fraction of sp³-hybridized carbons (Fsp3) is 0.500. The number of halogens is 1. The zero-order valence-electron chi connectivity index (χ0n) is 37.7. The first-order valence-electron chi connectivity index (χ1n) is 23.2. The van der Waals surface area contributed by atoms with E-state index in [0.29, 0.717) is 80.9 Å². The predicted octanol–water partition coefficient (Wildman–Crippen LogP) is 7.52. The zero-order valence-corrected chi connectivity index (χ0v) is 39.5. The third-order valence-electron chi connectivity index (χ3n) is 14.6. The number of benzene rings is 3. The number of methoxy groups -OCH3 is 2. The topological polar surface area (TPSA) is 193 Å². The number of aromatic amines is 2. The Balaban J connectivity index is 0.873. The monoisotopic (exact) mass is 936 g/mol. The molecule has 66 heavy (non-hydrogen) atoms. The molecule has 6 heterocycles. The van der Waals surface area contributed by atoms with Crippen LogP contribution < -0.4 is 10.6 Å². The number of hydrogen-bond acceptors (Lipinski definition) is 10. The van der Waals surface area contributed by atoms with Gasteiger partial charge in [-0.05, 0) is 91.0 Å². The van der Waals surface area contributed by atoms with Crippen molar-refractivity contribution in [2.75, 3.05) is 46.8 Å². The van der Waals surface area contributed by atoms with Gasteiger partial charge in [-0.25, -0.2) is 19.6 Å². The highest BCUT2D eigenvalue weighted by molar-refractivity contribution is 6.78. The maximum Gasteiger partial charge on any atom is 0.407 e. The van der Waals surface area contributed by atoms with Crippen LogP contribution in [0.2, 0.25) is 24.3 Å². The van der Waals surface area contributed by atoms with E-state index in [0.717, 1.165) is 63.2 Å². The van der Waals surface area contributed by atoms with Crippen molar-refractivity contribution in [2.24, 2.45) is 17.8 Å².